The number of β-amino-alcohol motifs (C(OH)–C–C–N with tert-alkyl or cyclic N) is 1. The summed E-state index contributed by atoms with van der Waals surface area (Å²) in [6.45, 7) is 0.237. The smallest absolute Gasteiger partial charge is 0.307 e. The zero-order valence-corrected chi connectivity index (χ0v) is 14.1. The van der Waals surface area contributed by atoms with Crippen LogP contribution in [0.1, 0.15) is 23.2 Å². The average Bonchev–Trinajstić information content (AvgIpc) is 3.02. The second-order valence-electron chi connectivity index (χ2n) is 6.22. The van der Waals surface area contributed by atoms with Crippen LogP contribution in [0, 0.1) is 0 Å². The molecule has 5 nitrogen and oxygen atoms in total. The van der Waals surface area contributed by atoms with E-state index in [-0.39, 0.29) is 30.9 Å². The van der Waals surface area contributed by atoms with E-state index in [0.29, 0.717) is 12.0 Å². The molecule has 1 amide bonds. The number of hydrogen-bond donors (Lipinski definition) is 1. The largest absolute Gasteiger partial charge is 0.469 e. The van der Waals surface area contributed by atoms with Gasteiger partial charge < -0.3 is 14.7 Å². The minimum Gasteiger partial charge on any atom is -0.469 e. The van der Waals surface area contributed by atoms with E-state index in [1.54, 1.807) is 17.0 Å². The molecule has 0 radical (unpaired) electrons. The van der Waals surface area contributed by atoms with Crippen LogP contribution >= 0.6 is 0 Å². The van der Waals surface area contributed by atoms with Crippen molar-refractivity contribution in [1.29, 1.82) is 0 Å². The molecule has 1 heterocycles. The maximum Gasteiger partial charge on any atom is 0.307 e. The van der Waals surface area contributed by atoms with Gasteiger partial charge in [0.25, 0.3) is 5.91 Å². The van der Waals surface area contributed by atoms with Crippen LogP contribution in [-0.2, 0) is 9.53 Å². The van der Waals surface area contributed by atoms with Gasteiger partial charge in [-0.3, -0.25) is 9.59 Å². The van der Waals surface area contributed by atoms with Gasteiger partial charge in [0, 0.05) is 18.2 Å². The lowest BCUT2D eigenvalue weighted by Gasteiger charge is -2.23. The number of rotatable bonds is 4. The predicted octanol–water partition coefficient (Wildman–Crippen LogP) is 2.49. The van der Waals surface area contributed by atoms with Gasteiger partial charge in [-0.1, -0.05) is 42.5 Å². The van der Waals surface area contributed by atoms with Gasteiger partial charge in [0.15, 0.2) is 0 Å². The predicted molar refractivity (Wildman–Crippen MR) is 94.0 cm³/mol. The van der Waals surface area contributed by atoms with Gasteiger partial charge in [0.2, 0.25) is 0 Å². The molecule has 1 N–H and O–H groups in total. The highest BCUT2D eigenvalue weighted by atomic mass is 16.5. The Morgan fingerprint density at radius 3 is 2.36 bits per heavy atom. The molecule has 0 aliphatic carbocycles. The summed E-state index contributed by atoms with van der Waals surface area (Å²) in [5.41, 5.74) is 2.66. The Morgan fingerprint density at radius 1 is 1.08 bits per heavy atom. The fraction of sp³-hybridized carbons (Fsp3) is 0.300. The Morgan fingerprint density at radius 2 is 1.72 bits per heavy atom. The molecule has 130 valence electrons. The number of methoxy groups -OCH3 is 1. The molecular weight excluding hydrogens is 318 g/mol. The van der Waals surface area contributed by atoms with Crippen molar-refractivity contribution >= 4 is 11.9 Å². The van der Waals surface area contributed by atoms with E-state index in [9.17, 15) is 14.7 Å². The number of likely N-dealkylation sites (tertiary alicyclic amines) is 1. The molecule has 0 unspecified atom stereocenters. The topological polar surface area (TPSA) is 66.8 Å². The van der Waals surface area contributed by atoms with Crippen molar-refractivity contribution in [2.24, 2.45) is 0 Å². The van der Waals surface area contributed by atoms with Gasteiger partial charge >= 0.3 is 5.97 Å². The van der Waals surface area contributed by atoms with Gasteiger partial charge in [0.05, 0.1) is 19.6 Å². The molecule has 0 aromatic heterocycles. The van der Waals surface area contributed by atoms with Crippen LogP contribution < -0.4 is 0 Å². The van der Waals surface area contributed by atoms with Crippen molar-refractivity contribution in [3.8, 4) is 11.1 Å². The molecule has 5 heteroatoms. The number of ether oxygens (including phenoxy) is 1. The molecule has 1 aliphatic rings. The first kappa shape index (κ1) is 17.2. The normalized spacial score (nSPS) is 19.7. The number of esters is 1. The first-order valence-electron chi connectivity index (χ1n) is 8.30. The Labute approximate surface area is 146 Å². The van der Waals surface area contributed by atoms with E-state index in [2.05, 4.69) is 4.74 Å². The van der Waals surface area contributed by atoms with Crippen molar-refractivity contribution < 1.29 is 19.4 Å². The van der Waals surface area contributed by atoms with Crippen LogP contribution in [0.15, 0.2) is 54.6 Å². The van der Waals surface area contributed by atoms with Gasteiger partial charge in [-0.15, -0.1) is 0 Å². The number of hydrogen-bond acceptors (Lipinski definition) is 4. The molecule has 0 spiro atoms. The van der Waals surface area contributed by atoms with E-state index >= 15 is 0 Å². The number of nitrogens with zero attached hydrogens (tertiary/aromatic N) is 1. The van der Waals surface area contributed by atoms with E-state index < -0.39 is 6.10 Å². The molecule has 0 saturated carbocycles. The summed E-state index contributed by atoms with van der Waals surface area (Å²) in [6.07, 6.45) is -0.119. The number of aliphatic hydroxyl groups excluding tert-OH is 1. The standard InChI is InChI=1S/C20H21NO4/c1-25-19(23)12-17-11-18(22)13-21(17)20(24)16-9-7-15(8-10-16)14-5-3-2-4-6-14/h2-10,17-18,22H,11-13H2,1H3/t17-,18-/m0/s1. The van der Waals surface area contributed by atoms with E-state index in [1.807, 2.05) is 42.5 Å². The molecular formula is C20H21NO4. The molecule has 0 bridgehead atoms. The van der Waals surface area contributed by atoms with E-state index in [4.69, 9.17) is 0 Å². The summed E-state index contributed by atoms with van der Waals surface area (Å²) in [4.78, 5) is 25.9. The summed E-state index contributed by atoms with van der Waals surface area (Å²) >= 11 is 0. The van der Waals surface area contributed by atoms with Crippen molar-refractivity contribution in [2.45, 2.75) is 25.0 Å². The third-order valence-corrected chi connectivity index (χ3v) is 4.52. The lowest BCUT2D eigenvalue weighted by Crippen LogP contribution is -2.37. The average molecular weight is 339 g/mol. The molecule has 2 atom stereocenters. The molecule has 2 aromatic carbocycles. The number of benzene rings is 2. The van der Waals surface area contributed by atoms with Crippen LogP contribution in [0.2, 0.25) is 0 Å². The second kappa shape index (κ2) is 7.49. The van der Waals surface area contributed by atoms with Crippen molar-refractivity contribution in [1.82, 2.24) is 4.90 Å². The minimum absolute atomic E-state index is 0.0986. The van der Waals surface area contributed by atoms with Crippen LogP contribution in [-0.4, -0.2) is 47.7 Å². The van der Waals surface area contributed by atoms with Gasteiger partial charge in [-0.2, -0.15) is 0 Å². The van der Waals surface area contributed by atoms with Gasteiger partial charge in [0.1, 0.15) is 0 Å². The highest BCUT2D eigenvalue weighted by molar-refractivity contribution is 5.95. The number of amides is 1. The maximum absolute atomic E-state index is 12.8. The van der Waals surface area contributed by atoms with Crippen LogP contribution in [0.25, 0.3) is 11.1 Å². The van der Waals surface area contributed by atoms with Gasteiger partial charge in [-0.25, -0.2) is 0 Å². The number of carbonyl (C=O) groups is 2. The molecule has 3 rings (SSSR count). The quantitative estimate of drug-likeness (QED) is 0.869. The Bertz CT molecular complexity index is 742. The Kier molecular flexibility index (Phi) is 5.14. The summed E-state index contributed by atoms with van der Waals surface area (Å²) in [5, 5.41) is 9.90. The zero-order chi connectivity index (χ0) is 17.8. The monoisotopic (exact) mass is 339 g/mol. The van der Waals surface area contributed by atoms with Crippen LogP contribution in [0.3, 0.4) is 0 Å². The van der Waals surface area contributed by atoms with Crippen molar-refractivity contribution in [3.63, 3.8) is 0 Å². The van der Waals surface area contributed by atoms with Crippen molar-refractivity contribution in [3.05, 3.63) is 60.2 Å². The summed E-state index contributed by atoms with van der Waals surface area (Å²) in [6, 6.07) is 17.0. The van der Waals surface area contributed by atoms with Crippen molar-refractivity contribution in [2.75, 3.05) is 13.7 Å². The Balaban J connectivity index is 1.76. The highest BCUT2D eigenvalue weighted by Crippen LogP contribution is 2.25. The zero-order valence-electron chi connectivity index (χ0n) is 14.1. The highest BCUT2D eigenvalue weighted by Gasteiger charge is 2.36. The first-order chi connectivity index (χ1) is 12.1. The third-order valence-electron chi connectivity index (χ3n) is 4.52. The molecule has 1 fully saturated rings. The lowest BCUT2D eigenvalue weighted by molar-refractivity contribution is -0.141. The number of aliphatic hydroxyl groups is 1. The van der Waals surface area contributed by atoms with E-state index in [1.165, 1.54) is 7.11 Å². The third kappa shape index (κ3) is 3.88. The molecule has 25 heavy (non-hydrogen) atoms. The minimum atomic E-state index is -0.609. The fourth-order valence-electron chi connectivity index (χ4n) is 3.21. The molecule has 1 aliphatic heterocycles. The van der Waals surface area contributed by atoms with Crippen LogP contribution in [0.4, 0.5) is 0 Å². The summed E-state index contributed by atoms with van der Waals surface area (Å²) in [7, 11) is 1.32. The van der Waals surface area contributed by atoms with Gasteiger partial charge in [-0.05, 0) is 29.7 Å². The SMILES string of the molecule is COC(=O)C[C@@H]1C[C@H](O)CN1C(=O)c1ccc(-c2ccccc2)cc1. The summed E-state index contributed by atoms with van der Waals surface area (Å²) < 4.78 is 4.69. The number of carbonyl (C=O) groups excluding carboxylic acids is 2. The summed E-state index contributed by atoms with van der Waals surface area (Å²) in [5.74, 6) is -0.554. The first-order valence-corrected chi connectivity index (χ1v) is 8.30. The molecule has 2 aromatic rings. The fourth-order valence-corrected chi connectivity index (χ4v) is 3.21. The Hall–Kier alpha value is -2.66. The van der Waals surface area contributed by atoms with Crippen LogP contribution in [0.5, 0.6) is 0 Å². The maximum atomic E-state index is 12.8. The van der Waals surface area contributed by atoms with E-state index in [0.717, 1.165) is 11.1 Å². The lowest BCUT2D eigenvalue weighted by atomic mass is 10.0. The molecule has 1 saturated heterocycles. The second-order valence-corrected chi connectivity index (χ2v) is 6.22.